The Bertz CT molecular complexity index is 407. The van der Waals surface area contributed by atoms with Gasteiger partial charge >= 0.3 is 0 Å². The van der Waals surface area contributed by atoms with E-state index in [1.54, 1.807) is 0 Å². The molecule has 2 heteroatoms. The van der Waals surface area contributed by atoms with Gasteiger partial charge in [0.1, 0.15) is 11.5 Å². The predicted octanol–water partition coefficient (Wildman–Crippen LogP) is 5.09. The molecule has 20 heavy (non-hydrogen) atoms. The van der Waals surface area contributed by atoms with Crippen LogP contribution in [0.4, 0.5) is 0 Å². The molecule has 1 N–H and O–H groups in total. The summed E-state index contributed by atoms with van der Waals surface area (Å²) in [4.78, 5) is 0. The second-order valence-electron chi connectivity index (χ2n) is 7.46. The average molecular weight is 277 g/mol. The Morgan fingerprint density at radius 2 is 1.85 bits per heavy atom. The van der Waals surface area contributed by atoms with E-state index in [-0.39, 0.29) is 0 Å². The van der Waals surface area contributed by atoms with Crippen molar-refractivity contribution in [2.45, 2.75) is 66.3 Å². The van der Waals surface area contributed by atoms with Gasteiger partial charge in [0.15, 0.2) is 0 Å². The Hall–Kier alpha value is -0.760. The zero-order valence-corrected chi connectivity index (χ0v) is 13.8. The molecule has 1 aliphatic carbocycles. The summed E-state index contributed by atoms with van der Waals surface area (Å²) in [5.74, 6) is 3.74. The van der Waals surface area contributed by atoms with Gasteiger partial charge in [-0.3, -0.25) is 0 Å². The van der Waals surface area contributed by atoms with Crippen LogP contribution in [0.5, 0.6) is 0 Å². The summed E-state index contributed by atoms with van der Waals surface area (Å²) >= 11 is 0. The van der Waals surface area contributed by atoms with Crippen molar-refractivity contribution in [3.8, 4) is 0 Å². The lowest BCUT2D eigenvalue weighted by molar-refractivity contribution is 0.127. The van der Waals surface area contributed by atoms with Gasteiger partial charge < -0.3 is 9.73 Å². The van der Waals surface area contributed by atoms with Crippen molar-refractivity contribution in [3.63, 3.8) is 0 Å². The highest BCUT2D eigenvalue weighted by atomic mass is 16.3. The largest absolute Gasteiger partial charge is 0.465 e. The molecule has 114 valence electrons. The Balaban J connectivity index is 2.02. The lowest BCUT2D eigenvalue weighted by atomic mass is 9.68. The molecule has 0 spiro atoms. The summed E-state index contributed by atoms with van der Waals surface area (Å²) in [6.45, 7) is 12.4. The quantitative estimate of drug-likeness (QED) is 0.829. The van der Waals surface area contributed by atoms with Crippen LogP contribution in [0.25, 0.3) is 0 Å². The molecule has 1 atom stereocenters. The van der Waals surface area contributed by atoms with Gasteiger partial charge in [-0.1, -0.05) is 27.7 Å². The fraction of sp³-hybridized carbons (Fsp3) is 0.778. The molecule has 0 radical (unpaired) electrons. The minimum atomic E-state index is 0.398. The standard InChI is InChI=1S/C18H31NO/c1-6-19-17(16-12-7-13(2)20-16)14-8-10-15(11-9-14)18(3,4)5/h7,12,14-15,17,19H,6,8-11H2,1-5H3. The molecule has 0 amide bonds. The zero-order valence-electron chi connectivity index (χ0n) is 13.8. The van der Waals surface area contributed by atoms with E-state index in [0.717, 1.165) is 29.9 Å². The first-order valence-electron chi connectivity index (χ1n) is 8.21. The highest BCUT2D eigenvalue weighted by Gasteiger charge is 2.34. The first-order valence-corrected chi connectivity index (χ1v) is 8.21. The van der Waals surface area contributed by atoms with E-state index in [4.69, 9.17) is 4.42 Å². The van der Waals surface area contributed by atoms with Gasteiger partial charge in [0, 0.05) is 0 Å². The SMILES string of the molecule is CCNC(c1ccc(C)o1)C1CCC(C(C)(C)C)CC1. The molecule has 0 bridgehead atoms. The fourth-order valence-electron chi connectivity index (χ4n) is 3.66. The van der Waals surface area contributed by atoms with Crippen LogP contribution in [0.2, 0.25) is 0 Å². The summed E-state index contributed by atoms with van der Waals surface area (Å²) in [6, 6.07) is 4.63. The number of nitrogens with one attached hydrogen (secondary N) is 1. The third-order valence-corrected chi connectivity index (χ3v) is 4.96. The van der Waals surface area contributed by atoms with Crippen molar-refractivity contribution in [3.05, 3.63) is 23.7 Å². The third-order valence-electron chi connectivity index (χ3n) is 4.96. The summed E-state index contributed by atoms with van der Waals surface area (Å²) in [5.41, 5.74) is 0.458. The van der Waals surface area contributed by atoms with Crippen molar-refractivity contribution in [1.29, 1.82) is 0 Å². The van der Waals surface area contributed by atoms with Crippen molar-refractivity contribution in [2.24, 2.45) is 17.3 Å². The van der Waals surface area contributed by atoms with Crippen molar-refractivity contribution >= 4 is 0 Å². The first-order chi connectivity index (χ1) is 9.41. The van der Waals surface area contributed by atoms with Crippen LogP contribution in [-0.2, 0) is 0 Å². The summed E-state index contributed by atoms with van der Waals surface area (Å²) in [6.07, 6.45) is 5.35. The van der Waals surface area contributed by atoms with Crippen LogP contribution >= 0.6 is 0 Å². The Labute approximate surface area is 124 Å². The van der Waals surface area contributed by atoms with Crippen LogP contribution in [0.3, 0.4) is 0 Å². The highest BCUT2D eigenvalue weighted by Crippen LogP contribution is 2.43. The Morgan fingerprint density at radius 1 is 1.20 bits per heavy atom. The fourth-order valence-corrected chi connectivity index (χ4v) is 3.66. The predicted molar refractivity (Wildman–Crippen MR) is 84.8 cm³/mol. The van der Waals surface area contributed by atoms with Crippen molar-refractivity contribution in [1.82, 2.24) is 5.32 Å². The van der Waals surface area contributed by atoms with Gasteiger partial charge in [-0.15, -0.1) is 0 Å². The number of hydrogen-bond donors (Lipinski definition) is 1. The molecule has 1 aromatic rings. The van der Waals surface area contributed by atoms with E-state index in [1.807, 2.05) is 6.92 Å². The molecule has 0 aromatic carbocycles. The van der Waals surface area contributed by atoms with Crippen LogP contribution in [0.15, 0.2) is 16.5 Å². The van der Waals surface area contributed by atoms with Crippen molar-refractivity contribution in [2.75, 3.05) is 6.54 Å². The lowest BCUT2D eigenvalue weighted by Crippen LogP contribution is -2.33. The molecule has 0 saturated heterocycles. The molecule has 1 saturated carbocycles. The maximum Gasteiger partial charge on any atom is 0.121 e. The van der Waals surface area contributed by atoms with Gasteiger partial charge in [-0.25, -0.2) is 0 Å². The van der Waals surface area contributed by atoms with E-state index in [1.165, 1.54) is 25.7 Å². The number of rotatable bonds is 4. The monoisotopic (exact) mass is 277 g/mol. The van der Waals surface area contributed by atoms with Crippen molar-refractivity contribution < 1.29 is 4.42 Å². The highest BCUT2D eigenvalue weighted by molar-refractivity contribution is 5.11. The third kappa shape index (κ3) is 3.66. The number of hydrogen-bond acceptors (Lipinski definition) is 2. The molecule has 1 unspecified atom stereocenters. The van der Waals surface area contributed by atoms with E-state index < -0.39 is 0 Å². The van der Waals surface area contributed by atoms with Gasteiger partial charge in [0.05, 0.1) is 6.04 Å². The van der Waals surface area contributed by atoms with Crippen LogP contribution in [-0.4, -0.2) is 6.54 Å². The smallest absolute Gasteiger partial charge is 0.121 e. The second kappa shape index (κ2) is 6.34. The Morgan fingerprint density at radius 3 is 2.30 bits per heavy atom. The van der Waals surface area contributed by atoms with Crippen LogP contribution < -0.4 is 5.32 Å². The minimum absolute atomic E-state index is 0.398. The van der Waals surface area contributed by atoms with E-state index >= 15 is 0 Å². The molecule has 2 nitrogen and oxygen atoms in total. The van der Waals surface area contributed by atoms with Gasteiger partial charge in [0.25, 0.3) is 0 Å². The molecular weight excluding hydrogens is 246 g/mol. The molecule has 1 aromatic heterocycles. The van der Waals surface area contributed by atoms with Gasteiger partial charge in [-0.05, 0) is 68.5 Å². The zero-order chi connectivity index (χ0) is 14.8. The summed E-state index contributed by atoms with van der Waals surface area (Å²) in [5, 5.41) is 3.64. The number of furan rings is 1. The molecule has 2 rings (SSSR count). The van der Waals surface area contributed by atoms with E-state index in [0.29, 0.717) is 11.5 Å². The topological polar surface area (TPSA) is 25.2 Å². The molecule has 1 heterocycles. The van der Waals surface area contributed by atoms with Gasteiger partial charge in [0.2, 0.25) is 0 Å². The molecule has 1 aliphatic rings. The minimum Gasteiger partial charge on any atom is -0.465 e. The molecule has 1 fully saturated rings. The number of aryl methyl sites for hydroxylation is 1. The maximum absolute atomic E-state index is 5.88. The molecular formula is C18H31NO. The van der Waals surface area contributed by atoms with Gasteiger partial charge in [-0.2, -0.15) is 0 Å². The van der Waals surface area contributed by atoms with E-state index in [9.17, 15) is 0 Å². The Kier molecular flexibility index (Phi) is 4.95. The molecule has 0 aliphatic heterocycles. The normalized spacial score (nSPS) is 25.6. The second-order valence-corrected chi connectivity index (χ2v) is 7.46. The first kappa shape index (κ1) is 15.6. The summed E-state index contributed by atoms with van der Waals surface area (Å²) in [7, 11) is 0. The van der Waals surface area contributed by atoms with Crippen LogP contribution in [0.1, 0.15) is 70.9 Å². The lowest BCUT2D eigenvalue weighted by Gasteiger charge is -2.39. The van der Waals surface area contributed by atoms with Crippen LogP contribution in [0, 0.1) is 24.2 Å². The average Bonchev–Trinajstić information content (AvgIpc) is 2.81. The maximum atomic E-state index is 5.88. The van der Waals surface area contributed by atoms with E-state index in [2.05, 4.69) is 45.1 Å². The summed E-state index contributed by atoms with van der Waals surface area (Å²) < 4.78 is 5.88.